The quantitative estimate of drug-likeness (QED) is 0.887. The number of carbonyl (C=O) groups excluding carboxylic acids is 1. The first-order chi connectivity index (χ1) is 9.11. The zero-order valence-corrected chi connectivity index (χ0v) is 12.1. The van der Waals surface area contributed by atoms with Crippen LogP contribution in [0.2, 0.25) is 5.02 Å². The number of carbonyl (C=O) groups is 1. The van der Waals surface area contributed by atoms with E-state index < -0.39 is 0 Å². The molecule has 0 aliphatic heterocycles. The molecule has 1 aromatic heterocycles. The second-order valence-electron chi connectivity index (χ2n) is 3.71. The number of rotatable bonds is 4. The summed E-state index contributed by atoms with van der Waals surface area (Å²) in [6.07, 6.45) is 1.54. The number of aromatic nitrogens is 3. The summed E-state index contributed by atoms with van der Waals surface area (Å²) in [7, 11) is 0. The Bertz CT molecular complexity index is 601. The van der Waals surface area contributed by atoms with Crippen LogP contribution in [-0.2, 0) is 6.54 Å². The zero-order valence-electron chi connectivity index (χ0n) is 9.81. The van der Waals surface area contributed by atoms with Gasteiger partial charge < -0.3 is 11.1 Å². The maximum Gasteiger partial charge on any atom is 0.277 e. The van der Waals surface area contributed by atoms with Crippen molar-refractivity contribution < 1.29 is 4.79 Å². The largest absolute Gasteiger partial charge is 0.329 e. The van der Waals surface area contributed by atoms with Crippen molar-refractivity contribution in [3.63, 3.8) is 0 Å². The van der Waals surface area contributed by atoms with Gasteiger partial charge >= 0.3 is 0 Å². The van der Waals surface area contributed by atoms with Crippen LogP contribution in [0.25, 0.3) is 0 Å². The number of hydrogen-bond acceptors (Lipinski definition) is 4. The minimum absolute atomic E-state index is 0.223. The summed E-state index contributed by atoms with van der Waals surface area (Å²) in [5.74, 6) is -0.355. The van der Waals surface area contributed by atoms with Gasteiger partial charge in [-0.25, -0.2) is 0 Å². The van der Waals surface area contributed by atoms with Crippen molar-refractivity contribution in [3.8, 4) is 0 Å². The maximum absolute atomic E-state index is 12.0. The molecule has 2 aromatic rings. The van der Waals surface area contributed by atoms with Crippen LogP contribution < -0.4 is 11.1 Å². The summed E-state index contributed by atoms with van der Waals surface area (Å²) in [5, 5.41) is 10.8. The highest BCUT2D eigenvalue weighted by Gasteiger charge is 2.13. The first kappa shape index (κ1) is 14.0. The summed E-state index contributed by atoms with van der Waals surface area (Å²) in [6, 6.07) is 5.20. The molecule has 0 aliphatic carbocycles. The van der Waals surface area contributed by atoms with E-state index >= 15 is 0 Å². The molecule has 100 valence electrons. The Morgan fingerprint density at radius 3 is 3.05 bits per heavy atom. The van der Waals surface area contributed by atoms with E-state index in [9.17, 15) is 4.79 Å². The molecule has 8 heteroatoms. The standard InChI is InChI=1S/C11H11BrClN5O/c12-10-7(13)2-1-3-8(10)15-11(19)9-6-18(5-4-14)17-16-9/h1-3,6H,4-5,14H2,(H,15,19). The number of hydrogen-bond donors (Lipinski definition) is 2. The molecule has 1 heterocycles. The third kappa shape index (κ3) is 3.31. The van der Waals surface area contributed by atoms with Gasteiger partial charge in [-0.15, -0.1) is 5.10 Å². The Morgan fingerprint density at radius 2 is 2.32 bits per heavy atom. The van der Waals surface area contributed by atoms with Crippen LogP contribution in [0.15, 0.2) is 28.9 Å². The van der Waals surface area contributed by atoms with E-state index in [1.165, 1.54) is 4.68 Å². The van der Waals surface area contributed by atoms with Gasteiger partial charge in [0.25, 0.3) is 5.91 Å². The average molecular weight is 345 g/mol. The predicted molar refractivity (Wildman–Crippen MR) is 76.2 cm³/mol. The molecule has 0 radical (unpaired) electrons. The summed E-state index contributed by atoms with van der Waals surface area (Å²) in [5.41, 5.74) is 6.19. The lowest BCUT2D eigenvalue weighted by molar-refractivity contribution is 0.102. The lowest BCUT2D eigenvalue weighted by Crippen LogP contribution is -2.13. The summed E-state index contributed by atoms with van der Waals surface area (Å²) in [4.78, 5) is 12.0. The highest BCUT2D eigenvalue weighted by molar-refractivity contribution is 9.10. The van der Waals surface area contributed by atoms with Gasteiger partial charge in [0.2, 0.25) is 0 Å². The topological polar surface area (TPSA) is 85.8 Å². The van der Waals surface area contributed by atoms with Crippen LogP contribution in [0.4, 0.5) is 5.69 Å². The molecule has 3 N–H and O–H groups in total. The summed E-state index contributed by atoms with van der Waals surface area (Å²) < 4.78 is 2.14. The number of anilines is 1. The number of nitrogens with zero attached hydrogens (tertiary/aromatic N) is 3. The lowest BCUT2D eigenvalue weighted by atomic mass is 10.3. The number of halogens is 2. The molecule has 0 saturated heterocycles. The van der Waals surface area contributed by atoms with Crippen LogP contribution >= 0.6 is 27.5 Å². The smallest absolute Gasteiger partial charge is 0.277 e. The van der Waals surface area contributed by atoms with Gasteiger partial charge in [-0.05, 0) is 28.1 Å². The first-order valence-corrected chi connectivity index (χ1v) is 6.64. The molecule has 2 rings (SSSR count). The van der Waals surface area contributed by atoms with E-state index in [0.717, 1.165) is 0 Å². The van der Waals surface area contributed by atoms with Crippen molar-refractivity contribution >= 4 is 39.1 Å². The Kier molecular flexibility index (Phi) is 4.52. The Balaban J connectivity index is 2.14. The van der Waals surface area contributed by atoms with Gasteiger partial charge in [0.15, 0.2) is 5.69 Å². The van der Waals surface area contributed by atoms with Crippen LogP contribution in [0.3, 0.4) is 0 Å². The molecule has 0 fully saturated rings. The van der Waals surface area contributed by atoms with Crippen LogP contribution in [0.1, 0.15) is 10.5 Å². The SMILES string of the molecule is NCCn1cc(C(=O)Nc2cccc(Cl)c2Br)nn1. The van der Waals surface area contributed by atoms with Crippen molar-refractivity contribution in [1.82, 2.24) is 15.0 Å². The molecule has 1 amide bonds. The van der Waals surface area contributed by atoms with E-state index in [0.29, 0.717) is 28.3 Å². The fourth-order valence-corrected chi connectivity index (χ4v) is 1.97. The van der Waals surface area contributed by atoms with Crippen molar-refractivity contribution in [2.75, 3.05) is 11.9 Å². The van der Waals surface area contributed by atoms with Gasteiger partial charge in [-0.1, -0.05) is 22.9 Å². The molecule has 19 heavy (non-hydrogen) atoms. The van der Waals surface area contributed by atoms with E-state index in [-0.39, 0.29) is 11.6 Å². The predicted octanol–water partition coefficient (Wildman–Crippen LogP) is 1.90. The molecule has 0 bridgehead atoms. The minimum atomic E-state index is -0.355. The van der Waals surface area contributed by atoms with E-state index in [1.54, 1.807) is 24.4 Å². The summed E-state index contributed by atoms with van der Waals surface area (Å²) in [6.45, 7) is 0.950. The molecule has 0 unspecified atom stereocenters. The van der Waals surface area contributed by atoms with E-state index in [4.69, 9.17) is 17.3 Å². The second kappa shape index (κ2) is 6.14. The van der Waals surface area contributed by atoms with Crippen LogP contribution in [-0.4, -0.2) is 27.4 Å². The third-order valence-corrected chi connectivity index (χ3v) is 3.73. The van der Waals surface area contributed by atoms with Crippen molar-refractivity contribution in [2.45, 2.75) is 6.54 Å². The van der Waals surface area contributed by atoms with Crippen LogP contribution in [0.5, 0.6) is 0 Å². The maximum atomic E-state index is 12.0. The molecule has 6 nitrogen and oxygen atoms in total. The number of benzene rings is 1. The number of nitrogens with one attached hydrogen (secondary N) is 1. The molecule has 0 atom stereocenters. The van der Waals surface area contributed by atoms with E-state index in [1.807, 2.05) is 0 Å². The molecule has 0 spiro atoms. The molecule has 0 aliphatic rings. The highest BCUT2D eigenvalue weighted by atomic mass is 79.9. The molecule has 0 saturated carbocycles. The number of amides is 1. The fourth-order valence-electron chi connectivity index (χ4n) is 1.43. The average Bonchev–Trinajstić information content (AvgIpc) is 2.84. The Morgan fingerprint density at radius 1 is 1.53 bits per heavy atom. The monoisotopic (exact) mass is 343 g/mol. The van der Waals surface area contributed by atoms with Crippen molar-refractivity contribution in [2.24, 2.45) is 5.73 Å². The Hall–Kier alpha value is -1.44. The minimum Gasteiger partial charge on any atom is -0.329 e. The van der Waals surface area contributed by atoms with Crippen molar-refractivity contribution in [3.05, 3.63) is 39.6 Å². The lowest BCUT2D eigenvalue weighted by Gasteiger charge is -2.06. The second-order valence-corrected chi connectivity index (χ2v) is 4.91. The van der Waals surface area contributed by atoms with Crippen molar-refractivity contribution in [1.29, 1.82) is 0 Å². The fraction of sp³-hybridized carbons (Fsp3) is 0.182. The third-order valence-electron chi connectivity index (χ3n) is 2.33. The highest BCUT2D eigenvalue weighted by Crippen LogP contribution is 2.30. The number of nitrogens with two attached hydrogens (primary N) is 1. The van der Waals surface area contributed by atoms with Gasteiger partial charge in [-0.3, -0.25) is 9.48 Å². The first-order valence-electron chi connectivity index (χ1n) is 5.47. The van der Waals surface area contributed by atoms with Gasteiger partial charge in [0.05, 0.1) is 27.9 Å². The molecule has 1 aromatic carbocycles. The van der Waals surface area contributed by atoms with Gasteiger partial charge in [0, 0.05) is 6.54 Å². The summed E-state index contributed by atoms with van der Waals surface area (Å²) >= 11 is 9.25. The molecular weight excluding hydrogens is 334 g/mol. The van der Waals surface area contributed by atoms with E-state index in [2.05, 4.69) is 31.6 Å². The Labute approximate surface area is 123 Å². The van der Waals surface area contributed by atoms with Gasteiger partial charge in [0.1, 0.15) is 0 Å². The zero-order chi connectivity index (χ0) is 13.8. The molecular formula is C11H11BrClN5O. The van der Waals surface area contributed by atoms with Gasteiger partial charge in [-0.2, -0.15) is 0 Å². The normalized spacial score (nSPS) is 10.5. The van der Waals surface area contributed by atoms with Crippen LogP contribution in [0, 0.1) is 0 Å².